The molecule has 5 nitrogen and oxygen atoms in total. The number of hydrogen-bond donors (Lipinski definition) is 2. The fraction of sp³-hybridized carbons (Fsp3) is 0.385. The highest BCUT2D eigenvalue weighted by Crippen LogP contribution is 2.22. The van der Waals surface area contributed by atoms with E-state index in [9.17, 15) is 9.59 Å². The number of amides is 1. The van der Waals surface area contributed by atoms with Crippen LogP contribution in [0.5, 0.6) is 0 Å². The Morgan fingerprint density at radius 3 is 2.32 bits per heavy atom. The second kappa shape index (κ2) is 6.38. The van der Waals surface area contributed by atoms with E-state index in [1.165, 1.54) is 7.85 Å². The maximum Gasteiger partial charge on any atom is 0.243 e. The van der Waals surface area contributed by atoms with Crippen LogP contribution in [0.2, 0.25) is 0 Å². The van der Waals surface area contributed by atoms with Gasteiger partial charge in [0, 0.05) is 5.69 Å². The van der Waals surface area contributed by atoms with Crippen molar-refractivity contribution in [2.45, 2.75) is 33.4 Å². The van der Waals surface area contributed by atoms with Crippen LogP contribution in [0.1, 0.15) is 23.6 Å². The Kier molecular flexibility index (Phi) is 5.12. The maximum atomic E-state index is 11.6. The Hall–Kier alpha value is -1.82. The number of carbonyl (C=O) groups excluding carboxylic acids is 2. The molecule has 6 heteroatoms. The zero-order valence-electron chi connectivity index (χ0n) is 11.7. The minimum atomic E-state index is -0.556. The number of anilines is 1. The fourth-order valence-corrected chi connectivity index (χ4v) is 1.76. The van der Waals surface area contributed by atoms with Gasteiger partial charge in [0.1, 0.15) is 6.61 Å². The first-order valence-corrected chi connectivity index (χ1v) is 6.11. The van der Waals surface area contributed by atoms with Gasteiger partial charge in [-0.05, 0) is 37.5 Å². The molecule has 0 fully saturated rings. The third-order valence-electron chi connectivity index (χ3n) is 2.70. The molecular weight excluding hydrogens is 243 g/mol. The molecule has 0 aliphatic carbocycles. The van der Waals surface area contributed by atoms with Gasteiger partial charge in [-0.1, -0.05) is 12.1 Å². The minimum Gasteiger partial charge on any atom is -0.469 e. The van der Waals surface area contributed by atoms with Gasteiger partial charge in [0.15, 0.2) is 0 Å². The van der Waals surface area contributed by atoms with Crippen LogP contribution in [0.15, 0.2) is 12.1 Å². The van der Waals surface area contributed by atoms with Crippen LogP contribution in [0.4, 0.5) is 10.5 Å². The first-order chi connectivity index (χ1) is 8.81. The fourth-order valence-electron chi connectivity index (χ4n) is 1.76. The molecule has 0 spiro atoms. The molecule has 1 amide bonds. The Bertz CT molecular complexity index is 478. The van der Waals surface area contributed by atoms with Crippen molar-refractivity contribution in [2.24, 2.45) is 5.73 Å². The van der Waals surface area contributed by atoms with Crippen LogP contribution in [-0.4, -0.2) is 25.7 Å². The van der Waals surface area contributed by atoms with Gasteiger partial charge in [0.05, 0.1) is 6.04 Å². The van der Waals surface area contributed by atoms with Crippen molar-refractivity contribution in [1.82, 2.24) is 0 Å². The molecule has 0 heterocycles. The summed E-state index contributed by atoms with van der Waals surface area (Å²) in [6, 6.07) is 3.21. The summed E-state index contributed by atoms with van der Waals surface area (Å²) in [5.74, 6) is -0.538. The van der Waals surface area contributed by atoms with E-state index in [1.54, 1.807) is 6.92 Å². The van der Waals surface area contributed by atoms with E-state index in [2.05, 4.69) is 5.32 Å². The average Bonchev–Trinajstić information content (AvgIpc) is 2.30. The van der Waals surface area contributed by atoms with E-state index in [0.29, 0.717) is 0 Å². The topological polar surface area (TPSA) is 81.4 Å². The van der Waals surface area contributed by atoms with Crippen LogP contribution in [-0.2, 0) is 16.1 Å². The zero-order chi connectivity index (χ0) is 14.6. The lowest BCUT2D eigenvalue weighted by atomic mass is 10.0. The normalized spacial score (nSPS) is 11.8. The van der Waals surface area contributed by atoms with Gasteiger partial charge in [-0.15, -0.1) is 0 Å². The largest absolute Gasteiger partial charge is 0.469 e. The zero-order valence-corrected chi connectivity index (χ0v) is 11.7. The molecule has 1 unspecified atom stereocenters. The summed E-state index contributed by atoms with van der Waals surface area (Å²) in [4.78, 5) is 22.4. The van der Waals surface area contributed by atoms with Crippen molar-refractivity contribution >= 4 is 25.3 Å². The number of nitrogens with two attached hydrogens (primary N) is 1. The summed E-state index contributed by atoms with van der Waals surface area (Å²) in [5, 5.41) is 2.80. The lowest BCUT2D eigenvalue weighted by Gasteiger charge is -2.15. The van der Waals surface area contributed by atoms with Crippen LogP contribution in [0.3, 0.4) is 0 Å². The molecule has 1 rings (SSSR count). The molecule has 3 N–H and O–H groups in total. The van der Waals surface area contributed by atoms with E-state index in [4.69, 9.17) is 10.5 Å². The van der Waals surface area contributed by atoms with Crippen molar-refractivity contribution < 1.29 is 14.3 Å². The lowest BCUT2D eigenvalue weighted by molar-refractivity contribution is -0.117. The molecule has 0 saturated heterocycles. The summed E-state index contributed by atoms with van der Waals surface area (Å²) in [6.07, 6.45) is 0. The molecule has 1 aromatic rings. The summed E-state index contributed by atoms with van der Waals surface area (Å²) in [5.41, 5.74) is 9.00. The van der Waals surface area contributed by atoms with Crippen molar-refractivity contribution in [2.75, 3.05) is 5.32 Å². The Morgan fingerprint density at radius 2 is 1.89 bits per heavy atom. The van der Waals surface area contributed by atoms with E-state index in [-0.39, 0.29) is 18.4 Å². The van der Waals surface area contributed by atoms with Crippen molar-refractivity contribution in [1.29, 1.82) is 0 Å². The molecule has 102 valence electrons. The molecule has 0 radical (unpaired) electrons. The molecule has 1 aromatic carbocycles. The smallest absolute Gasteiger partial charge is 0.243 e. The SMILES string of the molecule is BC(=O)OCc1cc(C)c(NC(=O)C(C)N)c(C)c1. The van der Waals surface area contributed by atoms with Gasteiger partial charge < -0.3 is 15.8 Å². The van der Waals surface area contributed by atoms with Crippen LogP contribution in [0, 0.1) is 13.8 Å². The second-order valence-electron chi connectivity index (χ2n) is 4.66. The first kappa shape index (κ1) is 15.2. The highest BCUT2D eigenvalue weighted by Gasteiger charge is 2.12. The number of hydrogen-bond acceptors (Lipinski definition) is 4. The molecule has 19 heavy (non-hydrogen) atoms. The van der Waals surface area contributed by atoms with Gasteiger partial charge in [-0.25, -0.2) is 0 Å². The van der Waals surface area contributed by atoms with E-state index in [1.807, 2.05) is 26.0 Å². The monoisotopic (exact) mass is 262 g/mol. The van der Waals surface area contributed by atoms with Gasteiger partial charge >= 0.3 is 0 Å². The summed E-state index contributed by atoms with van der Waals surface area (Å²) < 4.78 is 4.95. The molecule has 0 aromatic heterocycles. The van der Waals surface area contributed by atoms with Gasteiger partial charge in [-0.2, -0.15) is 0 Å². The Morgan fingerprint density at radius 1 is 1.37 bits per heavy atom. The lowest BCUT2D eigenvalue weighted by Crippen LogP contribution is -2.33. The van der Waals surface area contributed by atoms with Gasteiger partial charge in [0.25, 0.3) is 0 Å². The Labute approximate surface area is 113 Å². The quantitative estimate of drug-likeness (QED) is 0.788. The first-order valence-electron chi connectivity index (χ1n) is 6.11. The number of benzene rings is 1. The molecule has 0 bridgehead atoms. The average molecular weight is 262 g/mol. The van der Waals surface area contributed by atoms with E-state index < -0.39 is 6.04 Å². The third-order valence-corrected chi connectivity index (χ3v) is 2.70. The van der Waals surface area contributed by atoms with E-state index in [0.717, 1.165) is 22.4 Å². The second-order valence-corrected chi connectivity index (χ2v) is 4.66. The maximum absolute atomic E-state index is 11.6. The Balaban J connectivity index is 2.91. The van der Waals surface area contributed by atoms with E-state index >= 15 is 0 Å². The standard InChI is InChI=1S/C13H19BN2O3/c1-7-4-10(6-19-13(14)18)5-8(2)11(7)16-12(17)9(3)15/h4-5,9H,6,14-15H2,1-3H3,(H,16,17). The van der Waals surface area contributed by atoms with Gasteiger partial charge in [0.2, 0.25) is 19.6 Å². The van der Waals surface area contributed by atoms with Crippen LogP contribution < -0.4 is 11.1 Å². The molecule has 0 saturated carbocycles. The number of aryl methyl sites for hydroxylation is 2. The minimum absolute atomic E-state index is 0.223. The summed E-state index contributed by atoms with van der Waals surface area (Å²) >= 11 is 0. The number of nitrogens with one attached hydrogen (secondary N) is 1. The molecule has 0 aliphatic heterocycles. The highest BCUT2D eigenvalue weighted by atomic mass is 16.5. The predicted octanol–water partition coefficient (Wildman–Crippen LogP) is 0.859. The van der Waals surface area contributed by atoms with Crippen molar-refractivity contribution in [3.8, 4) is 0 Å². The van der Waals surface area contributed by atoms with Crippen molar-refractivity contribution in [3.63, 3.8) is 0 Å². The molecule has 0 aliphatic rings. The predicted molar refractivity (Wildman–Crippen MR) is 76.9 cm³/mol. The summed E-state index contributed by atoms with van der Waals surface area (Å²) in [6.45, 7) is 5.65. The number of ether oxygens (including phenoxy) is 1. The third kappa shape index (κ3) is 4.41. The van der Waals surface area contributed by atoms with Crippen LogP contribution >= 0.6 is 0 Å². The molecule has 1 atom stereocenters. The van der Waals surface area contributed by atoms with Gasteiger partial charge in [-0.3, -0.25) is 9.59 Å². The molecular formula is C13H19BN2O3. The number of carbonyl (C=O) groups is 2. The van der Waals surface area contributed by atoms with Crippen molar-refractivity contribution in [3.05, 3.63) is 28.8 Å². The number of rotatable bonds is 4. The summed E-state index contributed by atoms with van der Waals surface area (Å²) in [7, 11) is 1.37. The van der Waals surface area contributed by atoms with Crippen LogP contribution in [0.25, 0.3) is 0 Å². The highest BCUT2D eigenvalue weighted by molar-refractivity contribution is 6.55.